The third-order valence-electron chi connectivity index (χ3n) is 3.60. The molecule has 1 N–H and O–H groups in total. The molecule has 0 aromatic carbocycles. The Morgan fingerprint density at radius 1 is 1.41 bits per heavy atom. The molecule has 3 heteroatoms. The highest BCUT2D eigenvalue weighted by Gasteiger charge is 2.26. The molecule has 2 rings (SSSR count). The second-order valence-electron chi connectivity index (χ2n) is 5.03. The first-order chi connectivity index (χ1) is 8.33. The van der Waals surface area contributed by atoms with Crippen molar-refractivity contribution in [3.63, 3.8) is 0 Å². The molecule has 0 saturated carbocycles. The van der Waals surface area contributed by atoms with Crippen molar-refractivity contribution in [2.45, 2.75) is 39.2 Å². The molecule has 1 fully saturated rings. The molecule has 0 bridgehead atoms. The predicted octanol–water partition coefficient (Wildman–Crippen LogP) is 3.35. The van der Waals surface area contributed by atoms with Crippen LogP contribution in [0.1, 0.15) is 33.1 Å². The number of thiophene rings is 1. The van der Waals surface area contributed by atoms with E-state index < -0.39 is 0 Å². The normalized spacial score (nSPS) is 25.2. The van der Waals surface area contributed by atoms with Gasteiger partial charge in [-0.1, -0.05) is 20.3 Å². The predicted molar refractivity (Wildman–Crippen MR) is 77.0 cm³/mol. The third kappa shape index (κ3) is 3.46. The number of likely N-dealkylation sites (N-methyl/N-ethyl adjacent to an activating group) is 1. The number of nitrogens with one attached hydrogen (secondary N) is 1. The molecule has 1 aliphatic heterocycles. The van der Waals surface area contributed by atoms with Gasteiger partial charge in [-0.3, -0.25) is 0 Å². The van der Waals surface area contributed by atoms with Gasteiger partial charge in [0.1, 0.15) is 0 Å². The van der Waals surface area contributed by atoms with Gasteiger partial charge < -0.3 is 10.2 Å². The van der Waals surface area contributed by atoms with Gasteiger partial charge in [-0.2, -0.15) is 11.3 Å². The zero-order chi connectivity index (χ0) is 12.1. The van der Waals surface area contributed by atoms with Crippen molar-refractivity contribution in [2.24, 2.45) is 5.92 Å². The topological polar surface area (TPSA) is 15.3 Å². The molecular weight excluding hydrogens is 228 g/mol. The maximum Gasteiger partial charge on any atom is 0.0475 e. The summed E-state index contributed by atoms with van der Waals surface area (Å²) < 4.78 is 0. The minimum atomic E-state index is 0.671. The highest BCUT2D eigenvalue weighted by atomic mass is 32.1. The van der Waals surface area contributed by atoms with Crippen molar-refractivity contribution < 1.29 is 0 Å². The second-order valence-corrected chi connectivity index (χ2v) is 5.81. The van der Waals surface area contributed by atoms with Gasteiger partial charge in [0, 0.05) is 30.2 Å². The standard InChI is InChI=1S/C14H24N2S/c1-3-5-12-8-13(15-4-2)10-16(9-12)14-6-7-17-11-14/h6-7,11-13,15H,3-5,8-10H2,1-2H3. The van der Waals surface area contributed by atoms with Gasteiger partial charge in [0.05, 0.1) is 0 Å². The van der Waals surface area contributed by atoms with Crippen LogP contribution in [0.2, 0.25) is 0 Å². The highest BCUT2D eigenvalue weighted by Crippen LogP contribution is 2.27. The lowest BCUT2D eigenvalue weighted by molar-refractivity contribution is 0.321. The van der Waals surface area contributed by atoms with Crippen LogP contribution in [0.4, 0.5) is 5.69 Å². The Bertz CT molecular complexity index is 296. The van der Waals surface area contributed by atoms with Gasteiger partial charge in [0.15, 0.2) is 0 Å². The van der Waals surface area contributed by atoms with Gasteiger partial charge in [-0.25, -0.2) is 0 Å². The van der Waals surface area contributed by atoms with Crippen LogP contribution in [0.15, 0.2) is 16.8 Å². The first-order valence-electron chi connectivity index (χ1n) is 6.84. The molecule has 1 aliphatic rings. The summed E-state index contributed by atoms with van der Waals surface area (Å²) in [5, 5.41) is 8.08. The minimum Gasteiger partial charge on any atom is -0.369 e. The first kappa shape index (κ1) is 12.9. The molecule has 1 saturated heterocycles. The molecule has 17 heavy (non-hydrogen) atoms. The van der Waals surface area contributed by atoms with E-state index >= 15 is 0 Å². The van der Waals surface area contributed by atoms with E-state index in [4.69, 9.17) is 0 Å². The van der Waals surface area contributed by atoms with Crippen LogP contribution in [0.5, 0.6) is 0 Å². The maximum atomic E-state index is 3.63. The first-order valence-corrected chi connectivity index (χ1v) is 7.78. The molecule has 0 amide bonds. The monoisotopic (exact) mass is 252 g/mol. The smallest absolute Gasteiger partial charge is 0.0475 e. The molecule has 2 heterocycles. The lowest BCUT2D eigenvalue weighted by Crippen LogP contribution is -2.49. The fourth-order valence-electron chi connectivity index (χ4n) is 2.91. The van der Waals surface area contributed by atoms with E-state index in [0.717, 1.165) is 12.5 Å². The summed E-state index contributed by atoms with van der Waals surface area (Å²) in [5.41, 5.74) is 1.42. The van der Waals surface area contributed by atoms with Crippen LogP contribution in [0.25, 0.3) is 0 Å². The lowest BCUT2D eigenvalue weighted by Gasteiger charge is -2.39. The van der Waals surface area contributed by atoms with E-state index in [2.05, 4.69) is 40.9 Å². The third-order valence-corrected chi connectivity index (χ3v) is 4.27. The Labute approximate surface area is 109 Å². The largest absolute Gasteiger partial charge is 0.369 e. The summed E-state index contributed by atoms with van der Waals surface area (Å²) in [6.45, 7) is 8.00. The van der Waals surface area contributed by atoms with Gasteiger partial charge in [0.25, 0.3) is 0 Å². The summed E-state index contributed by atoms with van der Waals surface area (Å²) in [5.74, 6) is 0.859. The van der Waals surface area contributed by atoms with Crippen molar-refractivity contribution in [2.75, 3.05) is 24.5 Å². The van der Waals surface area contributed by atoms with E-state index in [1.165, 1.54) is 38.0 Å². The summed E-state index contributed by atoms with van der Waals surface area (Å²) in [6, 6.07) is 2.92. The molecule has 1 aromatic heterocycles. The highest BCUT2D eigenvalue weighted by molar-refractivity contribution is 7.08. The Balaban J connectivity index is 2.00. The van der Waals surface area contributed by atoms with Crippen LogP contribution in [0, 0.1) is 5.92 Å². The molecule has 1 aromatic rings. The van der Waals surface area contributed by atoms with Crippen molar-refractivity contribution in [3.05, 3.63) is 16.8 Å². The second kappa shape index (κ2) is 6.41. The molecule has 0 spiro atoms. The van der Waals surface area contributed by atoms with Crippen molar-refractivity contribution >= 4 is 17.0 Å². The number of nitrogens with zero attached hydrogens (tertiary/aromatic N) is 1. The van der Waals surface area contributed by atoms with Crippen LogP contribution < -0.4 is 10.2 Å². The van der Waals surface area contributed by atoms with Crippen molar-refractivity contribution in [1.29, 1.82) is 0 Å². The van der Waals surface area contributed by atoms with E-state index in [0.29, 0.717) is 6.04 Å². The number of anilines is 1. The number of piperidine rings is 1. The Kier molecular flexibility index (Phi) is 4.86. The Morgan fingerprint density at radius 2 is 2.29 bits per heavy atom. The molecule has 2 unspecified atom stereocenters. The molecule has 96 valence electrons. The van der Waals surface area contributed by atoms with Crippen molar-refractivity contribution in [1.82, 2.24) is 5.32 Å². The lowest BCUT2D eigenvalue weighted by atomic mass is 9.90. The summed E-state index contributed by atoms with van der Waals surface area (Å²) in [4.78, 5) is 2.56. The van der Waals surface area contributed by atoms with E-state index in [-0.39, 0.29) is 0 Å². The zero-order valence-electron chi connectivity index (χ0n) is 11.0. The quantitative estimate of drug-likeness (QED) is 0.864. The van der Waals surface area contributed by atoms with Gasteiger partial charge in [-0.05, 0) is 36.8 Å². The fraction of sp³-hybridized carbons (Fsp3) is 0.714. The molecule has 2 nitrogen and oxygen atoms in total. The summed E-state index contributed by atoms with van der Waals surface area (Å²) in [7, 11) is 0. The van der Waals surface area contributed by atoms with Crippen LogP contribution >= 0.6 is 11.3 Å². The van der Waals surface area contributed by atoms with Crippen LogP contribution in [0.3, 0.4) is 0 Å². The average Bonchev–Trinajstić information content (AvgIpc) is 2.83. The SMILES string of the molecule is CCCC1CC(NCC)CN(c2ccsc2)C1. The van der Waals surface area contributed by atoms with Gasteiger partial charge >= 0.3 is 0 Å². The Hall–Kier alpha value is -0.540. The number of hydrogen-bond acceptors (Lipinski definition) is 3. The zero-order valence-corrected chi connectivity index (χ0v) is 11.8. The average molecular weight is 252 g/mol. The molecule has 0 radical (unpaired) electrons. The van der Waals surface area contributed by atoms with Crippen molar-refractivity contribution in [3.8, 4) is 0 Å². The number of hydrogen-bond donors (Lipinski definition) is 1. The Morgan fingerprint density at radius 3 is 2.94 bits per heavy atom. The van der Waals surface area contributed by atoms with Crippen LogP contribution in [-0.2, 0) is 0 Å². The maximum absolute atomic E-state index is 3.63. The minimum absolute atomic E-state index is 0.671. The molecule has 2 atom stereocenters. The van der Waals surface area contributed by atoms with Crippen LogP contribution in [-0.4, -0.2) is 25.7 Å². The molecule has 0 aliphatic carbocycles. The van der Waals surface area contributed by atoms with E-state index in [1.54, 1.807) is 11.3 Å². The van der Waals surface area contributed by atoms with Gasteiger partial charge in [0.2, 0.25) is 0 Å². The summed E-state index contributed by atoms with van der Waals surface area (Å²) >= 11 is 1.80. The van der Waals surface area contributed by atoms with E-state index in [9.17, 15) is 0 Å². The van der Waals surface area contributed by atoms with Gasteiger partial charge in [-0.15, -0.1) is 0 Å². The fourth-order valence-corrected chi connectivity index (χ4v) is 3.57. The molecular formula is C14H24N2S. The summed E-state index contributed by atoms with van der Waals surface area (Å²) in [6.07, 6.45) is 4.02. The van der Waals surface area contributed by atoms with E-state index in [1.807, 2.05) is 0 Å². The number of rotatable bonds is 5.